The van der Waals surface area contributed by atoms with Gasteiger partial charge < -0.3 is 15.0 Å². The number of aryl methyl sites for hydroxylation is 1. The van der Waals surface area contributed by atoms with Crippen LogP contribution in [0.4, 0.5) is 5.69 Å². The molecule has 1 aromatic heterocycles. The molecule has 0 saturated carbocycles. The number of aromatic hydroxyl groups is 1. The van der Waals surface area contributed by atoms with Gasteiger partial charge in [-0.15, -0.1) is 10.2 Å². The maximum absolute atomic E-state index is 12.2. The minimum Gasteiger partial charge on any atom is -0.508 e. The number of carbonyl (C=O) groups is 1. The lowest BCUT2D eigenvalue weighted by Gasteiger charge is -2.08. The van der Waals surface area contributed by atoms with Crippen LogP contribution in [0.1, 0.15) is 12.5 Å². The van der Waals surface area contributed by atoms with Crippen molar-refractivity contribution in [3.8, 4) is 17.1 Å². The number of benzene rings is 2. The molecule has 27 heavy (non-hydrogen) atoms. The van der Waals surface area contributed by atoms with Crippen molar-refractivity contribution in [3.63, 3.8) is 0 Å². The van der Waals surface area contributed by atoms with Crippen molar-refractivity contribution in [3.05, 3.63) is 53.1 Å². The third kappa shape index (κ3) is 4.61. The van der Waals surface area contributed by atoms with Gasteiger partial charge in [-0.2, -0.15) is 0 Å². The van der Waals surface area contributed by atoms with Gasteiger partial charge in [-0.1, -0.05) is 29.4 Å². The van der Waals surface area contributed by atoms with Gasteiger partial charge in [0.15, 0.2) is 11.0 Å². The number of anilines is 1. The Bertz CT molecular complexity index is 957. The predicted octanol–water partition coefficient (Wildman–Crippen LogP) is 4.36. The van der Waals surface area contributed by atoms with E-state index >= 15 is 0 Å². The minimum absolute atomic E-state index is 0.142. The highest BCUT2D eigenvalue weighted by molar-refractivity contribution is 7.99. The van der Waals surface area contributed by atoms with Crippen molar-refractivity contribution in [2.45, 2.75) is 25.5 Å². The SMILES string of the molecule is CCn1c(SCC(=O)Nc2ccc(C)c(Cl)c2)nnc1-c1ccc(O)cc1. The molecule has 6 nitrogen and oxygen atoms in total. The number of nitrogens with zero attached hydrogens (tertiary/aromatic N) is 3. The van der Waals surface area contributed by atoms with Gasteiger partial charge in [0, 0.05) is 22.8 Å². The van der Waals surface area contributed by atoms with Crippen LogP contribution in [-0.2, 0) is 11.3 Å². The number of aromatic nitrogens is 3. The summed E-state index contributed by atoms with van der Waals surface area (Å²) >= 11 is 7.41. The lowest BCUT2D eigenvalue weighted by molar-refractivity contribution is -0.113. The minimum atomic E-state index is -0.142. The molecule has 0 bridgehead atoms. The van der Waals surface area contributed by atoms with Gasteiger partial charge in [0.05, 0.1) is 5.75 Å². The van der Waals surface area contributed by atoms with Crippen LogP contribution in [0, 0.1) is 6.92 Å². The summed E-state index contributed by atoms with van der Waals surface area (Å²) in [7, 11) is 0. The highest BCUT2D eigenvalue weighted by Crippen LogP contribution is 2.26. The third-order valence-corrected chi connectivity index (χ3v) is 5.32. The molecule has 0 atom stereocenters. The number of thioether (sulfide) groups is 1. The van der Waals surface area contributed by atoms with E-state index < -0.39 is 0 Å². The van der Waals surface area contributed by atoms with Crippen molar-refractivity contribution >= 4 is 35.0 Å². The number of phenolic OH excluding ortho intramolecular Hbond substituents is 1. The molecule has 0 fully saturated rings. The summed E-state index contributed by atoms with van der Waals surface area (Å²) in [6, 6.07) is 12.2. The first kappa shape index (κ1) is 19.3. The lowest BCUT2D eigenvalue weighted by atomic mass is 10.2. The Morgan fingerprint density at radius 2 is 1.96 bits per heavy atom. The third-order valence-electron chi connectivity index (χ3n) is 3.95. The number of carbonyl (C=O) groups excluding carboxylic acids is 1. The Morgan fingerprint density at radius 1 is 1.22 bits per heavy atom. The van der Waals surface area contributed by atoms with Crippen LogP contribution >= 0.6 is 23.4 Å². The number of nitrogens with one attached hydrogen (secondary N) is 1. The molecule has 2 aromatic carbocycles. The zero-order chi connectivity index (χ0) is 19.4. The molecule has 3 rings (SSSR count). The van der Waals surface area contributed by atoms with Gasteiger partial charge >= 0.3 is 0 Å². The van der Waals surface area contributed by atoms with E-state index in [2.05, 4.69) is 15.5 Å². The molecule has 2 N–H and O–H groups in total. The number of phenols is 1. The normalized spacial score (nSPS) is 10.8. The van der Waals surface area contributed by atoms with E-state index in [0.717, 1.165) is 11.1 Å². The molecule has 1 amide bonds. The molecule has 0 saturated heterocycles. The Labute approximate surface area is 166 Å². The number of halogens is 1. The van der Waals surface area contributed by atoms with Crippen LogP contribution in [0.5, 0.6) is 5.75 Å². The summed E-state index contributed by atoms with van der Waals surface area (Å²) < 4.78 is 1.94. The summed E-state index contributed by atoms with van der Waals surface area (Å²) in [5.41, 5.74) is 2.48. The summed E-state index contributed by atoms with van der Waals surface area (Å²) in [5, 5.41) is 22.0. The van der Waals surface area contributed by atoms with Gasteiger partial charge in [-0.05, 0) is 55.8 Å². The van der Waals surface area contributed by atoms with Crippen LogP contribution < -0.4 is 5.32 Å². The van der Waals surface area contributed by atoms with Gasteiger partial charge in [0.2, 0.25) is 5.91 Å². The smallest absolute Gasteiger partial charge is 0.234 e. The second-order valence-corrected chi connectivity index (χ2v) is 7.25. The molecule has 0 spiro atoms. The van der Waals surface area contributed by atoms with Crippen LogP contribution in [0.15, 0.2) is 47.6 Å². The fraction of sp³-hybridized carbons (Fsp3) is 0.211. The van der Waals surface area contributed by atoms with E-state index in [-0.39, 0.29) is 17.4 Å². The molecular formula is C19H19ClN4O2S. The number of amides is 1. The topological polar surface area (TPSA) is 80.0 Å². The van der Waals surface area contributed by atoms with E-state index in [9.17, 15) is 9.90 Å². The van der Waals surface area contributed by atoms with Crippen LogP contribution in [0.3, 0.4) is 0 Å². The largest absolute Gasteiger partial charge is 0.508 e. The molecule has 0 unspecified atom stereocenters. The molecular weight excluding hydrogens is 384 g/mol. The van der Waals surface area contributed by atoms with E-state index in [4.69, 9.17) is 11.6 Å². The Morgan fingerprint density at radius 3 is 2.63 bits per heavy atom. The summed E-state index contributed by atoms with van der Waals surface area (Å²) in [5.74, 6) is 0.963. The van der Waals surface area contributed by atoms with Crippen molar-refractivity contribution in [1.29, 1.82) is 0 Å². The van der Waals surface area contributed by atoms with Crippen molar-refractivity contribution in [2.24, 2.45) is 0 Å². The maximum Gasteiger partial charge on any atom is 0.234 e. The van der Waals surface area contributed by atoms with E-state index in [0.29, 0.717) is 28.2 Å². The molecule has 1 heterocycles. The molecule has 140 valence electrons. The molecule has 3 aromatic rings. The fourth-order valence-electron chi connectivity index (χ4n) is 2.50. The van der Waals surface area contributed by atoms with E-state index in [1.165, 1.54) is 11.8 Å². The van der Waals surface area contributed by atoms with Crippen molar-refractivity contribution in [2.75, 3.05) is 11.1 Å². The monoisotopic (exact) mass is 402 g/mol. The van der Waals surface area contributed by atoms with Crippen molar-refractivity contribution < 1.29 is 9.90 Å². The molecule has 0 radical (unpaired) electrons. The highest BCUT2D eigenvalue weighted by atomic mass is 35.5. The lowest BCUT2D eigenvalue weighted by Crippen LogP contribution is -2.14. The Hall–Kier alpha value is -2.51. The first-order valence-electron chi connectivity index (χ1n) is 8.39. The zero-order valence-corrected chi connectivity index (χ0v) is 16.5. The molecule has 0 aliphatic heterocycles. The van der Waals surface area contributed by atoms with Gasteiger partial charge in [0.25, 0.3) is 0 Å². The average Bonchev–Trinajstić information content (AvgIpc) is 3.06. The second kappa shape index (κ2) is 8.45. The van der Waals surface area contributed by atoms with E-state index in [1.54, 1.807) is 30.3 Å². The van der Waals surface area contributed by atoms with Crippen LogP contribution in [0.2, 0.25) is 5.02 Å². The summed E-state index contributed by atoms with van der Waals surface area (Å²) in [4.78, 5) is 12.2. The number of hydrogen-bond acceptors (Lipinski definition) is 5. The number of hydrogen-bond donors (Lipinski definition) is 2. The zero-order valence-electron chi connectivity index (χ0n) is 14.9. The summed E-state index contributed by atoms with van der Waals surface area (Å²) in [6.07, 6.45) is 0. The predicted molar refractivity (Wildman–Crippen MR) is 108 cm³/mol. The molecule has 0 aliphatic carbocycles. The quantitative estimate of drug-likeness (QED) is 0.598. The Kier molecular flexibility index (Phi) is 6.03. The summed E-state index contributed by atoms with van der Waals surface area (Å²) in [6.45, 7) is 4.57. The molecule has 8 heteroatoms. The van der Waals surface area contributed by atoms with Gasteiger partial charge in [-0.3, -0.25) is 4.79 Å². The van der Waals surface area contributed by atoms with Crippen LogP contribution in [0.25, 0.3) is 11.4 Å². The first-order valence-corrected chi connectivity index (χ1v) is 9.75. The average molecular weight is 403 g/mol. The fourth-order valence-corrected chi connectivity index (χ4v) is 3.49. The van der Waals surface area contributed by atoms with Crippen molar-refractivity contribution in [1.82, 2.24) is 14.8 Å². The molecule has 0 aliphatic rings. The van der Waals surface area contributed by atoms with Crippen LogP contribution in [-0.4, -0.2) is 31.5 Å². The second-order valence-electron chi connectivity index (χ2n) is 5.90. The van der Waals surface area contributed by atoms with E-state index in [1.807, 2.05) is 30.5 Å². The van der Waals surface area contributed by atoms with Gasteiger partial charge in [0.1, 0.15) is 5.75 Å². The maximum atomic E-state index is 12.2. The Balaban J connectivity index is 1.68. The standard InChI is InChI=1S/C19H19ClN4O2S/c1-3-24-18(13-5-8-15(25)9-6-13)22-23-19(24)27-11-17(26)21-14-7-4-12(2)16(20)10-14/h4-10,25H,3,11H2,1-2H3,(H,21,26). The van der Waals surface area contributed by atoms with Gasteiger partial charge in [-0.25, -0.2) is 0 Å². The highest BCUT2D eigenvalue weighted by Gasteiger charge is 2.15. The first-order chi connectivity index (χ1) is 13.0. The number of rotatable bonds is 6.